The summed E-state index contributed by atoms with van der Waals surface area (Å²) in [4.78, 5) is 12.2. The quantitative estimate of drug-likeness (QED) is 0.761. The van der Waals surface area contributed by atoms with E-state index >= 15 is 0 Å². The van der Waals surface area contributed by atoms with E-state index in [0.29, 0.717) is 12.5 Å². The molecule has 1 aliphatic carbocycles. The highest BCUT2D eigenvalue weighted by Gasteiger charge is 2.39. The summed E-state index contributed by atoms with van der Waals surface area (Å²) in [5, 5.41) is 0. The van der Waals surface area contributed by atoms with E-state index in [2.05, 4.69) is 6.92 Å². The Hall–Kier alpha value is -2.09. The highest BCUT2D eigenvalue weighted by molar-refractivity contribution is 5.99. The fourth-order valence-electron chi connectivity index (χ4n) is 2.38. The second-order valence-electron chi connectivity index (χ2n) is 5.49. The number of Topliss-reactive ketones (excluding diaryl/α,β-unsaturated/α-hetero) is 1. The molecule has 20 heavy (non-hydrogen) atoms. The van der Waals surface area contributed by atoms with Crippen LogP contribution in [0.15, 0.2) is 54.6 Å². The van der Waals surface area contributed by atoms with Crippen LogP contribution in [0.3, 0.4) is 0 Å². The predicted octanol–water partition coefficient (Wildman–Crippen LogP) is 4.10. The predicted molar refractivity (Wildman–Crippen MR) is 78.8 cm³/mol. The molecule has 0 N–H and O–H groups in total. The van der Waals surface area contributed by atoms with Gasteiger partial charge in [-0.1, -0.05) is 49.4 Å². The van der Waals surface area contributed by atoms with Gasteiger partial charge in [0.05, 0.1) is 0 Å². The van der Waals surface area contributed by atoms with Crippen molar-refractivity contribution >= 4 is 5.78 Å². The minimum atomic E-state index is 0.222. The molecule has 2 heteroatoms. The van der Waals surface area contributed by atoms with Gasteiger partial charge in [0, 0.05) is 11.5 Å². The van der Waals surface area contributed by atoms with Crippen LogP contribution >= 0.6 is 0 Å². The van der Waals surface area contributed by atoms with Crippen molar-refractivity contribution < 1.29 is 9.53 Å². The molecule has 0 amide bonds. The zero-order chi connectivity index (χ0) is 13.9. The van der Waals surface area contributed by atoms with Crippen LogP contribution in [0.1, 0.15) is 29.3 Å². The number of ether oxygens (including phenoxy) is 1. The lowest BCUT2D eigenvalue weighted by Gasteiger charge is -2.07. The van der Waals surface area contributed by atoms with Crippen LogP contribution in [-0.4, -0.2) is 5.78 Å². The third-order valence-electron chi connectivity index (χ3n) is 3.81. The topological polar surface area (TPSA) is 26.3 Å². The number of ketones is 1. The van der Waals surface area contributed by atoms with Gasteiger partial charge in [0.2, 0.25) is 0 Å². The number of rotatable bonds is 5. The Kier molecular flexibility index (Phi) is 3.55. The van der Waals surface area contributed by atoms with Crippen LogP contribution in [0, 0.1) is 11.8 Å². The van der Waals surface area contributed by atoms with Crippen molar-refractivity contribution in [2.45, 2.75) is 20.0 Å². The summed E-state index contributed by atoms with van der Waals surface area (Å²) in [6, 6.07) is 17.6. The lowest BCUT2D eigenvalue weighted by molar-refractivity contribution is 0.0962. The van der Waals surface area contributed by atoms with E-state index in [0.717, 1.165) is 23.3 Å². The van der Waals surface area contributed by atoms with Gasteiger partial charge in [-0.2, -0.15) is 0 Å². The summed E-state index contributed by atoms with van der Waals surface area (Å²) >= 11 is 0. The van der Waals surface area contributed by atoms with Crippen molar-refractivity contribution in [3.05, 3.63) is 65.7 Å². The summed E-state index contributed by atoms with van der Waals surface area (Å²) in [5.41, 5.74) is 1.89. The second kappa shape index (κ2) is 5.49. The first-order valence-electron chi connectivity index (χ1n) is 7.05. The molecule has 0 bridgehead atoms. The van der Waals surface area contributed by atoms with E-state index in [1.54, 1.807) is 0 Å². The lowest BCUT2D eigenvalue weighted by Crippen LogP contribution is -2.03. The Balaban J connectivity index is 1.67. The largest absolute Gasteiger partial charge is 0.489 e. The fraction of sp³-hybridized carbons (Fsp3) is 0.278. The Morgan fingerprint density at radius 1 is 1.15 bits per heavy atom. The number of benzene rings is 2. The highest BCUT2D eigenvalue weighted by Crippen LogP contribution is 2.40. The molecule has 102 valence electrons. The average molecular weight is 266 g/mol. The number of carbonyl (C=O) groups is 1. The van der Waals surface area contributed by atoms with Gasteiger partial charge in [-0.3, -0.25) is 4.79 Å². The fourth-order valence-corrected chi connectivity index (χ4v) is 2.38. The average Bonchev–Trinajstić information content (AvgIpc) is 3.23. The molecule has 1 fully saturated rings. The Morgan fingerprint density at radius 3 is 2.60 bits per heavy atom. The summed E-state index contributed by atoms with van der Waals surface area (Å²) in [6.45, 7) is 2.65. The Morgan fingerprint density at radius 2 is 1.90 bits per heavy atom. The Labute approximate surface area is 119 Å². The van der Waals surface area contributed by atoms with E-state index in [9.17, 15) is 4.79 Å². The normalized spacial score (nSPS) is 20.4. The first-order chi connectivity index (χ1) is 9.74. The third-order valence-corrected chi connectivity index (χ3v) is 3.81. The van der Waals surface area contributed by atoms with Gasteiger partial charge in [0.25, 0.3) is 0 Å². The van der Waals surface area contributed by atoms with Gasteiger partial charge in [0.1, 0.15) is 12.4 Å². The minimum Gasteiger partial charge on any atom is -0.489 e. The maximum absolute atomic E-state index is 12.2. The van der Waals surface area contributed by atoms with Gasteiger partial charge in [-0.25, -0.2) is 0 Å². The number of hydrogen-bond donors (Lipinski definition) is 0. The van der Waals surface area contributed by atoms with Gasteiger partial charge < -0.3 is 4.74 Å². The first-order valence-corrected chi connectivity index (χ1v) is 7.05. The zero-order valence-corrected chi connectivity index (χ0v) is 11.6. The molecule has 0 spiro atoms. The standard InChI is InChI=1S/C18H18O2/c1-13-10-17(13)18(19)15-8-5-9-16(11-15)20-12-14-6-3-2-4-7-14/h2-9,11,13,17H,10,12H2,1H3/t13-,17+/m1/s1. The lowest BCUT2D eigenvalue weighted by atomic mass is 10.1. The van der Waals surface area contributed by atoms with Crippen molar-refractivity contribution in [2.75, 3.05) is 0 Å². The SMILES string of the molecule is C[C@@H]1C[C@@H]1C(=O)c1cccc(OCc2ccccc2)c1. The van der Waals surface area contributed by atoms with E-state index in [4.69, 9.17) is 4.74 Å². The summed E-state index contributed by atoms with van der Waals surface area (Å²) in [7, 11) is 0. The van der Waals surface area contributed by atoms with Crippen molar-refractivity contribution in [2.24, 2.45) is 11.8 Å². The molecule has 2 nitrogen and oxygen atoms in total. The van der Waals surface area contributed by atoms with Gasteiger partial charge in [-0.15, -0.1) is 0 Å². The maximum Gasteiger partial charge on any atom is 0.166 e. The van der Waals surface area contributed by atoms with E-state index in [-0.39, 0.29) is 11.7 Å². The molecule has 0 aromatic heterocycles. The molecular weight excluding hydrogens is 248 g/mol. The first kappa shape index (κ1) is 12.9. The third kappa shape index (κ3) is 2.90. The molecule has 0 radical (unpaired) electrons. The van der Waals surface area contributed by atoms with Crippen molar-refractivity contribution in [1.29, 1.82) is 0 Å². The molecule has 0 saturated heterocycles. The smallest absolute Gasteiger partial charge is 0.166 e. The zero-order valence-electron chi connectivity index (χ0n) is 11.6. The maximum atomic E-state index is 12.2. The molecule has 2 aromatic rings. The van der Waals surface area contributed by atoms with Gasteiger partial charge >= 0.3 is 0 Å². The van der Waals surface area contributed by atoms with Crippen LogP contribution in [0.2, 0.25) is 0 Å². The van der Waals surface area contributed by atoms with Crippen LogP contribution in [0.4, 0.5) is 0 Å². The molecule has 2 aromatic carbocycles. The minimum absolute atomic E-state index is 0.222. The van der Waals surface area contributed by atoms with Crippen LogP contribution in [-0.2, 0) is 6.61 Å². The van der Waals surface area contributed by atoms with Crippen LogP contribution < -0.4 is 4.74 Å². The number of carbonyl (C=O) groups excluding carboxylic acids is 1. The van der Waals surface area contributed by atoms with Gasteiger partial charge in [0.15, 0.2) is 5.78 Å². The van der Waals surface area contributed by atoms with E-state index in [1.807, 2.05) is 54.6 Å². The molecule has 0 heterocycles. The molecule has 0 aliphatic heterocycles. The molecule has 3 rings (SSSR count). The molecule has 2 atom stereocenters. The second-order valence-corrected chi connectivity index (χ2v) is 5.49. The van der Waals surface area contributed by atoms with E-state index < -0.39 is 0 Å². The van der Waals surface area contributed by atoms with Crippen molar-refractivity contribution in [1.82, 2.24) is 0 Å². The highest BCUT2D eigenvalue weighted by atomic mass is 16.5. The van der Waals surface area contributed by atoms with Gasteiger partial charge in [-0.05, 0) is 30.0 Å². The van der Waals surface area contributed by atoms with Crippen LogP contribution in [0.25, 0.3) is 0 Å². The summed E-state index contributed by atoms with van der Waals surface area (Å²) in [5.74, 6) is 1.77. The van der Waals surface area contributed by atoms with Crippen molar-refractivity contribution in [3.8, 4) is 5.75 Å². The molecule has 1 saturated carbocycles. The van der Waals surface area contributed by atoms with E-state index in [1.165, 1.54) is 0 Å². The molecule has 0 unspecified atom stereocenters. The molecule has 1 aliphatic rings. The number of hydrogen-bond acceptors (Lipinski definition) is 2. The van der Waals surface area contributed by atoms with Crippen LogP contribution in [0.5, 0.6) is 5.75 Å². The van der Waals surface area contributed by atoms with Crippen molar-refractivity contribution in [3.63, 3.8) is 0 Å². The Bertz CT molecular complexity index is 604. The monoisotopic (exact) mass is 266 g/mol. The molecular formula is C18H18O2. The summed E-state index contributed by atoms with van der Waals surface area (Å²) in [6.07, 6.45) is 1.02. The summed E-state index contributed by atoms with van der Waals surface area (Å²) < 4.78 is 5.76.